The predicted molar refractivity (Wildman–Crippen MR) is 123 cm³/mol. The van der Waals surface area contributed by atoms with E-state index in [1.165, 1.54) is 70.6 Å². The van der Waals surface area contributed by atoms with E-state index >= 15 is 0 Å². The molecule has 0 aromatic rings. The molecule has 30 heavy (non-hydrogen) atoms. The van der Waals surface area contributed by atoms with Gasteiger partial charge < -0.3 is 10.1 Å². The van der Waals surface area contributed by atoms with E-state index in [4.69, 9.17) is 4.74 Å². The third-order valence-electron chi connectivity index (χ3n) is 10.7. The van der Waals surface area contributed by atoms with Gasteiger partial charge in [0.15, 0.2) is 0 Å². The van der Waals surface area contributed by atoms with Crippen LogP contribution in [0.2, 0.25) is 0 Å². The molecule has 0 aromatic heterocycles. The van der Waals surface area contributed by atoms with E-state index in [-0.39, 0.29) is 6.09 Å². The lowest BCUT2D eigenvalue weighted by Crippen LogP contribution is -2.55. The SMILES string of the molecule is CCNC(=O)OCCCC1CCC2C3C[C@H](CC)C4CCCCC4(C)[C@H]3CCC12C. The molecule has 0 spiro atoms. The molecule has 3 heteroatoms. The predicted octanol–water partition coefficient (Wildman–Crippen LogP) is 7.20. The number of fused-ring (bicyclic) bond motifs is 5. The van der Waals surface area contributed by atoms with Crippen molar-refractivity contribution < 1.29 is 9.53 Å². The summed E-state index contributed by atoms with van der Waals surface area (Å²) in [7, 11) is 0. The van der Waals surface area contributed by atoms with E-state index in [2.05, 4.69) is 26.1 Å². The summed E-state index contributed by atoms with van der Waals surface area (Å²) >= 11 is 0. The molecule has 0 saturated heterocycles. The zero-order valence-corrected chi connectivity index (χ0v) is 20.2. The largest absolute Gasteiger partial charge is 0.450 e. The van der Waals surface area contributed by atoms with Crippen LogP contribution in [0.15, 0.2) is 0 Å². The van der Waals surface area contributed by atoms with Crippen LogP contribution in [0.3, 0.4) is 0 Å². The summed E-state index contributed by atoms with van der Waals surface area (Å²) in [5.41, 5.74) is 1.16. The van der Waals surface area contributed by atoms with Gasteiger partial charge in [0, 0.05) is 6.54 Å². The van der Waals surface area contributed by atoms with Gasteiger partial charge in [-0.3, -0.25) is 0 Å². The molecule has 8 atom stereocenters. The van der Waals surface area contributed by atoms with E-state index in [0.29, 0.717) is 24.0 Å². The first-order chi connectivity index (χ1) is 14.4. The fourth-order valence-corrected chi connectivity index (χ4v) is 9.29. The number of nitrogens with one attached hydrogen (secondary N) is 1. The van der Waals surface area contributed by atoms with Crippen LogP contribution in [0.4, 0.5) is 4.79 Å². The molecular formula is C27H47NO2. The highest BCUT2D eigenvalue weighted by Crippen LogP contribution is 2.69. The zero-order valence-electron chi connectivity index (χ0n) is 20.2. The molecule has 172 valence electrons. The maximum absolute atomic E-state index is 11.6. The molecule has 4 saturated carbocycles. The molecule has 4 fully saturated rings. The second kappa shape index (κ2) is 9.02. The van der Waals surface area contributed by atoms with E-state index in [1.54, 1.807) is 0 Å². The van der Waals surface area contributed by atoms with Crippen molar-refractivity contribution in [2.75, 3.05) is 13.2 Å². The lowest BCUT2D eigenvalue weighted by atomic mass is 9.42. The molecule has 0 radical (unpaired) electrons. The lowest BCUT2D eigenvalue weighted by Gasteiger charge is -2.62. The number of ether oxygens (including phenoxy) is 1. The standard InChI is InChI=1S/C27H47NO2/c1-5-19-18-21-23-13-12-20(10-9-17-30-25(29)28-6-2)26(23,3)16-14-24(21)27(4)15-8-7-11-22(19)27/h19-24H,5-18H2,1-4H3,(H,28,29)/t19-,20?,21?,22?,23?,24-,26?,27?/m0/s1. The first kappa shape index (κ1) is 22.5. The lowest BCUT2D eigenvalue weighted by molar-refractivity contribution is -0.135. The van der Waals surface area contributed by atoms with Gasteiger partial charge in [-0.1, -0.05) is 40.0 Å². The van der Waals surface area contributed by atoms with Gasteiger partial charge in [-0.05, 0) is 111 Å². The number of carbonyl (C=O) groups excluding carboxylic acids is 1. The van der Waals surface area contributed by atoms with Gasteiger partial charge in [-0.25, -0.2) is 4.79 Å². The minimum Gasteiger partial charge on any atom is -0.450 e. The van der Waals surface area contributed by atoms with Crippen molar-refractivity contribution in [3.63, 3.8) is 0 Å². The quantitative estimate of drug-likeness (QED) is 0.464. The van der Waals surface area contributed by atoms with Crippen molar-refractivity contribution in [3.05, 3.63) is 0 Å². The summed E-state index contributed by atoms with van der Waals surface area (Å²) in [6.45, 7) is 11.0. The Morgan fingerprint density at radius 1 is 0.967 bits per heavy atom. The van der Waals surface area contributed by atoms with Crippen molar-refractivity contribution >= 4 is 6.09 Å². The highest BCUT2D eigenvalue weighted by molar-refractivity contribution is 5.66. The summed E-state index contributed by atoms with van der Waals surface area (Å²) in [6, 6.07) is 0. The van der Waals surface area contributed by atoms with Crippen molar-refractivity contribution in [1.29, 1.82) is 0 Å². The molecule has 0 aliphatic heterocycles. The van der Waals surface area contributed by atoms with Gasteiger partial charge in [0.05, 0.1) is 6.61 Å². The van der Waals surface area contributed by atoms with Gasteiger partial charge in [0.1, 0.15) is 0 Å². The second-order valence-corrected chi connectivity index (χ2v) is 11.8. The first-order valence-electron chi connectivity index (χ1n) is 13.3. The van der Waals surface area contributed by atoms with Gasteiger partial charge in [-0.2, -0.15) is 0 Å². The fourth-order valence-electron chi connectivity index (χ4n) is 9.29. The van der Waals surface area contributed by atoms with Crippen LogP contribution in [0.5, 0.6) is 0 Å². The molecule has 6 unspecified atom stereocenters. The molecule has 0 heterocycles. The Labute approximate surface area is 185 Å². The highest BCUT2D eigenvalue weighted by Gasteiger charge is 2.60. The topological polar surface area (TPSA) is 38.3 Å². The summed E-state index contributed by atoms with van der Waals surface area (Å²) < 4.78 is 5.35. The zero-order chi connectivity index (χ0) is 21.4. The minimum absolute atomic E-state index is 0.253. The van der Waals surface area contributed by atoms with Crippen molar-refractivity contribution in [2.45, 2.75) is 105 Å². The Kier molecular flexibility index (Phi) is 6.76. The smallest absolute Gasteiger partial charge is 0.407 e. The van der Waals surface area contributed by atoms with Crippen LogP contribution >= 0.6 is 0 Å². The molecule has 3 nitrogen and oxygen atoms in total. The number of carbonyl (C=O) groups is 1. The molecule has 4 rings (SSSR count). The number of amides is 1. The van der Waals surface area contributed by atoms with E-state index in [1.807, 2.05) is 6.92 Å². The van der Waals surface area contributed by atoms with Crippen molar-refractivity contribution in [1.82, 2.24) is 5.32 Å². The Bertz CT molecular complexity index is 606. The Balaban J connectivity index is 1.41. The van der Waals surface area contributed by atoms with Crippen molar-refractivity contribution in [2.24, 2.45) is 46.3 Å². The van der Waals surface area contributed by atoms with Crippen LogP contribution in [0.1, 0.15) is 105 Å². The van der Waals surface area contributed by atoms with Crippen LogP contribution in [-0.4, -0.2) is 19.2 Å². The molecule has 4 aliphatic rings. The van der Waals surface area contributed by atoms with Crippen LogP contribution in [0.25, 0.3) is 0 Å². The molecular weight excluding hydrogens is 370 g/mol. The Morgan fingerprint density at radius 3 is 2.53 bits per heavy atom. The minimum atomic E-state index is -0.253. The van der Waals surface area contributed by atoms with Gasteiger partial charge in [-0.15, -0.1) is 0 Å². The van der Waals surface area contributed by atoms with Crippen LogP contribution in [-0.2, 0) is 4.74 Å². The number of hydrogen-bond acceptors (Lipinski definition) is 2. The average Bonchev–Trinajstić information content (AvgIpc) is 3.07. The molecule has 1 N–H and O–H groups in total. The Morgan fingerprint density at radius 2 is 1.77 bits per heavy atom. The second-order valence-electron chi connectivity index (χ2n) is 11.8. The molecule has 0 bridgehead atoms. The highest BCUT2D eigenvalue weighted by atomic mass is 16.5. The number of hydrogen-bond donors (Lipinski definition) is 1. The van der Waals surface area contributed by atoms with Gasteiger partial charge >= 0.3 is 6.09 Å². The first-order valence-corrected chi connectivity index (χ1v) is 13.3. The maximum Gasteiger partial charge on any atom is 0.407 e. The molecule has 4 aliphatic carbocycles. The summed E-state index contributed by atoms with van der Waals surface area (Å²) in [5.74, 6) is 5.72. The fraction of sp³-hybridized carbons (Fsp3) is 0.963. The monoisotopic (exact) mass is 417 g/mol. The number of rotatable bonds is 6. The number of alkyl carbamates (subject to hydrolysis) is 1. The maximum atomic E-state index is 11.6. The third kappa shape index (κ3) is 3.81. The summed E-state index contributed by atoms with van der Waals surface area (Å²) in [4.78, 5) is 11.6. The van der Waals surface area contributed by atoms with E-state index < -0.39 is 0 Å². The average molecular weight is 418 g/mol. The summed E-state index contributed by atoms with van der Waals surface area (Å²) in [6.07, 6.45) is 16.7. The van der Waals surface area contributed by atoms with Crippen LogP contribution < -0.4 is 5.32 Å². The van der Waals surface area contributed by atoms with Crippen LogP contribution in [0, 0.1) is 46.3 Å². The normalized spacial score (nSPS) is 45.2. The molecule has 1 amide bonds. The van der Waals surface area contributed by atoms with E-state index in [9.17, 15) is 4.79 Å². The van der Waals surface area contributed by atoms with Crippen molar-refractivity contribution in [3.8, 4) is 0 Å². The Hall–Kier alpha value is -0.730. The van der Waals surface area contributed by atoms with Gasteiger partial charge in [0.2, 0.25) is 0 Å². The van der Waals surface area contributed by atoms with E-state index in [0.717, 1.165) is 41.9 Å². The summed E-state index contributed by atoms with van der Waals surface area (Å²) in [5, 5.41) is 2.73. The third-order valence-corrected chi connectivity index (χ3v) is 10.7. The molecule has 0 aromatic carbocycles. The van der Waals surface area contributed by atoms with Gasteiger partial charge in [0.25, 0.3) is 0 Å².